The molecular weight excluding hydrogens is 331 g/mol. The average molecular weight is 344 g/mol. The van der Waals surface area contributed by atoms with Gasteiger partial charge in [-0.2, -0.15) is 0 Å². The first-order valence-electron chi connectivity index (χ1n) is 5.75. The third-order valence-corrected chi connectivity index (χ3v) is 4.16. The largest absolute Gasteiger partial charge is 0.126 e. The third kappa shape index (κ3) is 3.50. The topological polar surface area (TPSA) is 0 Å². The van der Waals surface area contributed by atoms with Crippen LogP contribution in [0.25, 0.3) is 0 Å². The van der Waals surface area contributed by atoms with Crippen molar-refractivity contribution in [3.05, 3.63) is 69.2 Å². The number of hydrogen-bond donors (Lipinski definition) is 0. The van der Waals surface area contributed by atoms with Gasteiger partial charge in [-0.25, -0.2) is 0 Å². The summed E-state index contributed by atoms with van der Waals surface area (Å²) in [5, 5.41) is 0.787. The molecule has 0 aliphatic carbocycles. The van der Waals surface area contributed by atoms with E-state index in [1.807, 2.05) is 30.3 Å². The van der Waals surface area contributed by atoms with Crippen LogP contribution >= 0.6 is 39.1 Å². The van der Waals surface area contributed by atoms with Gasteiger partial charge in [0.15, 0.2) is 0 Å². The van der Waals surface area contributed by atoms with Crippen LogP contribution in [0.5, 0.6) is 0 Å². The number of benzene rings is 2. The van der Waals surface area contributed by atoms with Crippen molar-refractivity contribution in [3.63, 3.8) is 0 Å². The van der Waals surface area contributed by atoms with Crippen LogP contribution < -0.4 is 0 Å². The highest BCUT2D eigenvalue weighted by molar-refractivity contribution is 9.10. The molecule has 0 bridgehead atoms. The van der Waals surface area contributed by atoms with Gasteiger partial charge in [0.25, 0.3) is 0 Å². The van der Waals surface area contributed by atoms with Gasteiger partial charge in [-0.1, -0.05) is 63.9 Å². The van der Waals surface area contributed by atoms with Crippen LogP contribution in [0, 0.1) is 0 Å². The van der Waals surface area contributed by atoms with Gasteiger partial charge < -0.3 is 0 Å². The zero-order chi connectivity index (χ0) is 13.0. The third-order valence-electron chi connectivity index (χ3n) is 2.94. The second-order valence-electron chi connectivity index (χ2n) is 4.20. The molecule has 0 heterocycles. The maximum Gasteiger partial charge on any atom is 0.0449 e. The molecule has 0 saturated carbocycles. The van der Waals surface area contributed by atoms with Gasteiger partial charge in [-0.05, 0) is 29.7 Å². The lowest BCUT2D eigenvalue weighted by atomic mass is 9.93. The Morgan fingerprint density at radius 2 is 1.78 bits per heavy atom. The van der Waals surface area contributed by atoms with Crippen molar-refractivity contribution < 1.29 is 0 Å². The molecule has 0 amide bonds. The lowest BCUT2D eigenvalue weighted by molar-refractivity contribution is 0.766. The molecule has 1 unspecified atom stereocenters. The summed E-state index contributed by atoms with van der Waals surface area (Å²) in [6.45, 7) is 0. The van der Waals surface area contributed by atoms with Crippen LogP contribution in [0.15, 0.2) is 53.0 Å². The normalized spacial score (nSPS) is 12.4. The molecule has 1 atom stereocenters. The summed E-state index contributed by atoms with van der Waals surface area (Å²) in [7, 11) is 0. The van der Waals surface area contributed by atoms with E-state index in [-0.39, 0.29) is 0 Å². The van der Waals surface area contributed by atoms with Gasteiger partial charge >= 0.3 is 0 Å². The minimum Gasteiger partial charge on any atom is -0.126 e. The van der Waals surface area contributed by atoms with Crippen molar-refractivity contribution in [3.8, 4) is 0 Å². The van der Waals surface area contributed by atoms with E-state index < -0.39 is 0 Å². The molecule has 3 heteroatoms. The summed E-state index contributed by atoms with van der Waals surface area (Å²) in [6.07, 6.45) is 0.861. The molecule has 18 heavy (non-hydrogen) atoms. The van der Waals surface area contributed by atoms with Crippen molar-refractivity contribution >= 4 is 39.1 Å². The molecule has 0 aliphatic rings. The first-order valence-corrected chi connectivity index (χ1v) is 7.46. The van der Waals surface area contributed by atoms with Crippen LogP contribution in [-0.2, 0) is 6.42 Å². The van der Waals surface area contributed by atoms with Gasteiger partial charge in [-0.3, -0.25) is 0 Å². The Kier molecular flexibility index (Phi) is 5.11. The van der Waals surface area contributed by atoms with E-state index in [2.05, 4.69) is 34.1 Å². The predicted molar refractivity (Wildman–Crippen MR) is 82.8 cm³/mol. The van der Waals surface area contributed by atoms with Crippen molar-refractivity contribution in [2.75, 3.05) is 5.88 Å². The smallest absolute Gasteiger partial charge is 0.0449 e. The molecule has 0 radical (unpaired) electrons. The van der Waals surface area contributed by atoms with Crippen molar-refractivity contribution in [1.82, 2.24) is 0 Å². The summed E-state index contributed by atoms with van der Waals surface area (Å²) in [5.74, 6) is 0.891. The second-order valence-corrected chi connectivity index (χ2v) is 5.83. The fourth-order valence-electron chi connectivity index (χ4n) is 1.94. The highest BCUT2D eigenvalue weighted by atomic mass is 79.9. The second kappa shape index (κ2) is 6.60. The lowest BCUT2D eigenvalue weighted by Gasteiger charge is -2.15. The molecule has 0 aromatic heterocycles. The quantitative estimate of drug-likeness (QED) is 0.627. The number of hydrogen-bond acceptors (Lipinski definition) is 0. The van der Waals surface area contributed by atoms with E-state index in [4.69, 9.17) is 23.2 Å². The number of alkyl halides is 1. The Morgan fingerprint density at radius 1 is 1.06 bits per heavy atom. The Morgan fingerprint density at radius 3 is 2.39 bits per heavy atom. The van der Waals surface area contributed by atoms with E-state index in [0.717, 1.165) is 21.5 Å². The minimum atomic E-state index is 0.298. The summed E-state index contributed by atoms with van der Waals surface area (Å²) in [5.41, 5.74) is 2.39. The van der Waals surface area contributed by atoms with E-state index in [9.17, 15) is 0 Å². The Bertz CT molecular complexity index is 511. The predicted octanol–water partition coefficient (Wildman–Crippen LogP) is 5.67. The molecule has 2 aromatic carbocycles. The summed E-state index contributed by atoms with van der Waals surface area (Å²) in [6, 6.07) is 16.3. The summed E-state index contributed by atoms with van der Waals surface area (Å²) < 4.78 is 0.999. The van der Waals surface area contributed by atoms with Crippen molar-refractivity contribution in [2.45, 2.75) is 12.3 Å². The Labute approximate surface area is 126 Å². The molecule has 0 aliphatic heterocycles. The molecule has 94 valence electrons. The van der Waals surface area contributed by atoms with Crippen LogP contribution in [0.1, 0.15) is 17.0 Å². The average Bonchev–Trinajstić information content (AvgIpc) is 2.39. The first kappa shape index (κ1) is 13.9. The van der Waals surface area contributed by atoms with E-state index in [1.54, 1.807) is 0 Å². The summed E-state index contributed by atoms with van der Waals surface area (Å²) >= 11 is 15.7. The molecule has 2 rings (SSSR count). The number of rotatable bonds is 4. The molecular formula is C15H13BrCl2. The monoisotopic (exact) mass is 342 g/mol. The highest BCUT2D eigenvalue weighted by Gasteiger charge is 2.13. The Hall–Kier alpha value is -0.500. The zero-order valence-electron chi connectivity index (χ0n) is 9.74. The van der Waals surface area contributed by atoms with Crippen LogP contribution in [0.4, 0.5) is 0 Å². The summed E-state index contributed by atoms with van der Waals surface area (Å²) in [4.78, 5) is 0. The van der Waals surface area contributed by atoms with Crippen molar-refractivity contribution in [1.29, 1.82) is 0 Å². The molecule has 0 fully saturated rings. The standard InChI is InChI=1S/C15H13BrCl2/c16-14-7-6-12(15(18)9-14)8-13(10-17)11-4-2-1-3-5-11/h1-7,9,13H,8,10H2. The van der Waals surface area contributed by atoms with E-state index in [0.29, 0.717) is 11.8 Å². The SMILES string of the molecule is ClCC(Cc1ccc(Br)cc1Cl)c1ccccc1. The van der Waals surface area contributed by atoms with Crippen LogP contribution in [-0.4, -0.2) is 5.88 Å². The minimum absolute atomic E-state index is 0.298. The maximum absolute atomic E-state index is 6.24. The van der Waals surface area contributed by atoms with Crippen LogP contribution in [0.2, 0.25) is 5.02 Å². The van der Waals surface area contributed by atoms with E-state index in [1.165, 1.54) is 5.56 Å². The zero-order valence-corrected chi connectivity index (χ0v) is 12.8. The van der Waals surface area contributed by atoms with Crippen molar-refractivity contribution in [2.24, 2.45) is 0 Å². The molecule has 0 N–H and O–H groups in total. The number of halogens is 3. The van der Waals surface area contributed by atoms with Gasteiger partial charge in [0, 0.05) is 21.3 Å². The van der Waals surface area contributed by atoms with E-state index >= 15 is 0 Å². The highest BCUT2D eigenvalue weighted by Crippen LogP contribution is 2.28. The fourth-order valence-corrected chi connectivity index (χ4v) is 2.98. The van der Waals surface area contributed by atoms with Gasteiger partial charge in [0.05, 0.1) is 0 Å². The molecule has 0 nitrogen and oxygen atoms in total. The molecule has 2 aromatic rings. The van der Waals surface area contributed by atoms with Crippen LogP contribution in [0.3, 0.4) is 0 Å². The maximum atomic E-state index is 6.24. The lowest BCUT2D eigenvalue weighted by Crippen LogP contribution is -2.05. The molecule has 0 spiro atoms. The fraction of sp³-hybridized carbons (Fsp3) is 0.200. The Balaban J connectivity index is 2.21. The first-order chi connectivity index (χ1) is 8.70. The van der Waals surface area contributed by atoms with Gasteiger partial charge in [0.1, 0.15) is 0 Å². The van der Waals surface area contributed by atoms with Gasteiger partial charge in [0.2, 0.25) is 0 Å². The van der Waals surface area contributed by atoms with Gasteiger partial charge in [-0.15, -0.1) is 11.6 Å². The molecule has 0 saturated heterocycles.